The summed E-state index contributed by atoms with van der Waals surface area (Å²) in [5.74, 6) is -3.73. The van der Waals surface area contributed by atoms with Crippen LogP contribution >= 0.6 is 0 Å². The number of nitrogens with zero attached hydrogens (tertiary/aromatic N) is 2. The van der Waals surface area contributed by atoms with Crippen LogP contribution in [0.25, 0.3) is 0 Å². The van der Waals surface area contributed by atoms with Gasteiger partial charge in [0, 0.05) is 12.7 Å². The summed E-state index contributed by atoms with van der Waals surface area (Å²) in [4.78, 5) is 84.0. The number of aromatic nitrogens is 1. The topological polar surface area (TPSA) is 181 Å². The molecule has 2 saturated carbocycles. The van der Waals surface area contributed by atoms with Crippen LogP contribution in [-0.2, 0) is 19.2 Å². The van der Waals surface area contributed by atoms with E-state index in [-0.39, 0.29) is 40.6 Å². The highest BCUT2D eigenvalue weighted by molar-refractivity contribution is 6.38. The number of nitrogens with two attached hydrogens (primary N) is 1. The molecule has 0 aromatic carbocycles. The molecule has 0 radical (unpaired) electrons. The fourth-order valence-corrected chi connectivity index (χ4v) is 6.36. The lowest BCUT2D eigenvalue weighted by Gasteiger charge is -2.38. The van der Waals surface area contributed by atoms with Crippen LogP contribution in [0.5, 0.6) is 0 Å². The number of hydrogen-bond acceptors (Lipinski definition) is 7. The van der Waals surface area contributed by atoms with Gasteiger partial charge in [0.2, 0.25) is 23.4 Å². The molecule has 5 N–H and O–H groups in total. The Kier molecular flexibility index (Phi) is 8.72. The molecule has 0 spiro atoms. The molecule has 5 amide bonds. The Morgan fingerprint density at radius 2 is 1.67 bits per heavy atom. The molecule has 3 fully saturated rings. The fourth-order valence-electron chi connectivity index (χ4n) is 6.36. The average Bonchev–Trinajstić information content (AvgIpc) is 3.80. The molecule has 1 aromatic heterocycles. The van der Waals surface area contributed by atoms with E-state index < -0.39 is 59.1 Å². The van der Waals surface area contributed by atoms with E-state index in [2.05, 4.69) is 20.9 Å². The summed E-state index contributed by atoms with van der Waals surface area (Å²) >= 11 is 0. The van der Waals surface area contributed by atoms with Gasteiger partial charge in [-0.2, -0.15) is 0 Å². The number of fused-ring (bicyclic) bond motifs is 1. The van der Waals surface area contributed by atoms with Crippen LogP contribution in [0.2, 0.25) is 0 Å². The number of ketones is 2. The van der Waals surface area contributed by atoms with E-state index in [9.17, 15) is 28.8 Å². The second-order valence-corrected chi connectivity index (χ2v) is 14.2. The molecule has 1 unspecified atom stereocenters. The normalized spacial score (nSPS) is 24.3. The molecule has 2 aliphatic carbocycles. The Hall–Kier alpha value is -3.83. The lowest BCUT2D eigenvalue weighted by molar-refractivity contribution is -0.145. The van der Waals surface area contributed by atoms with Gasteiger partial charge < -0.3 is 26.6 Å². The fraction of sp³-hybridized carbons (Fsp3) is 0.645. The van der Waals surface area contributed by atoms with Crippen molar-refractivity contribution in [3.05, 3.63) is 30.1 Å². The van der Waals surface area contributed by atoms with Crippen LogP contribution in [0.15, 0.2) is 24.4 Å². The lowest BCUT2D eigenvalue weighted by atomic mass is 9.85. The van der Waals surface area contributed by atoms with Crippen molar-refractivity contribution in [2.45, 2.75) is 85.5 Å². The van der Waals surface area contributed by atoms with Gasteiger partial charge >= 0.3 is 6.03 Å². The van der Waals surface area contributed by atoms with Crippen LogP contribution in [0.4, 0.5) is 4.79 Å². The number of primary amides is 1. The van der Waals surface area contributed by atoms with E-state index in [0.29, 0.717) is 19.4 Å². The lowest BCUT2D eigenvalue weighted by Crippen LogP contribution is -2.62. The first-order valence-electron chi connectivity index (χ1n) is 14.9. The minimum absolute atomic E-state index is 0.0641. The Balaban J connectivity index is 1.53. The van der Waals surface area contributed by atoms with Crippen molar-refractivity contribution in [3.63, 3.8) is 0 Å². The molecule has 1 aliphatic heterocycles. The largest absolute Gasteiger partial charge is 0.363 e. The van der Waals surface area contributed by atoms with E-state index >= 15 is 0 Å². The van der Waals surface area contributed by atoms with Gasteiger partial charge in [-0.1, -0.05) is 54.5 Å². The highest BCUT2D eigenvalue weighted by atomic mass is 16.2. The van der Waals surface area contributed by atoms with Crippen LogP contribution in [0, 0.1) is 34.5 Å². The van der Waals surface area contributed by atoms with Crippen molar-refractivity contribution >= 4 is 35.3 Å². The van der Waals surface area contributed by atoms with Gasteiger partial charge in [-0.3, -0.25) is 29.0 Å². The van der Waals surface area contributed by atoms with Gasteiger partial charge in [0.15, 0.2) is 0 Å². The number of urea groups is 1. The minimum atomic E-state index is -1.11. The smallest absolute Gasteiger partial charge is 0.316 e. The third-order valence-electron chi connectivity index (χ3n) is 9.22. The molecule has 2 heterocycles. The highest BCUT2D eigenvalue weighted by Gasteiger charge is 2.70. The van der Waals surface area contributed by atoms with E-state index in [4.69, 9.17) is 5.73 Å². The Morgan fingerprint density at radius 3 is 2.19 bits per heavy atom. The second kappa shape index (κ2) is 11.7. The molecule has 6 atom stereocenters. The minimum Gasteiger partial charge on any atom is -0.363 e. The Labute approximate surface area is 252 Å². The van der Waals surface area contributed by atoms with Gasteiger partial charge in [-0.15, -0.1) is 0 Å². The van der Waals surface area contributed by atoms with Crippen molar-refractivity contribution in [1.82, 2.24) is 25.8 Å². The van der Waals surface area contributed by atoms with Crippen molar-refractivity contribution in [1.29, 1.82) is 0 Å². The molecule has 0 bridgehead atoms. The first-order chi connectivity index (χ1) is 20.0. The number of hydrogen-bond donors (Lipinski definition) is 4. The Bertz CT molecular complexity index is 1300. The molecule has 3 aliphatic rings. The summed E-state index contributed by atoms with van der Waals surface area (Å²) in [7, 11) is 0. The van der Waals surface area contributed by atoms with E-state index in [1.807, 2.05) is 13.8 Å². The van der Waals surface area contributed by atoms with Crippen molar-refractivity contribution < 1.29 is 28.8 Å². The molecule has 12 heteroatoms. The van der Waals surface area contributed by atoms with Crippen molar-refractivity contribution in [2.75, 3.05) is 6.54 Å². The zero-order chi connectivity index (χ0) is 32.0. The average molecular weight is 597 g/mol. The van der Waals surface area contributed by atoms with Crippen LogP contribution in [-0.4, -0.2) is 75.9 Å². The predicted molar refractivity (Wildman–Crippen MR) is 157 cm³/mol. The van der Waals surface area contributed by atoms with E-state index in [1.165, 1.54) is 11.1 Å². The maximum absolute atomic E-state index is 14.2. The van der Waals surface area contributed by atoms with Crippen LogP contribution < -0.4 is 21.7 Å². The maximum Gasteiger partial charge on any atom is 0.316 e. The van der Waals surface area contributed by atoms with Gasteiger partial charge in [-0.25, -0.2) is 4.79 Å². The molecule has 12 nitrogen and oxygen atoms in total. The molecule has 43 heavy (non-hydrogen) atoms. The number of carbonyl (C=O) groups excluding carboxylic acids is 6. The zero-order valence-corrected chi connectivity index (χ0v) is 26.0. The molecular weight excluding hydrogens is 552 g/mol. The first-order valence-corrected chi connectivity index (χ1v) is 14.9. The number of amides is 5. The second-order valence-electron chi connectivity index (χ2n) is 14.2. The predicted octanol–water partition coefficient (Wildman–Crippen LogP) is 1.44. The third kappa shape index (κ3) is 6.57. The molecule has 1 saturated heterocycles. The Morgan fingerprint density at radius 1 is 1.02 bits per heavy atom. The summed E-state index contributed by atoms with van der Waals surface area (Å²) in [6, 6.07) is 0.459. The van der Waals surface area contributed by atoms with Gasteiger partial charge in [0.1, 0.15) is 23.8 Å². The number of likely N-dealkylation sites (tertiary alicyclic amines) is 1. The maximum atomic E-state index is 14.2. The quantitative estimate of drug-likeness (QED) is 0.220. The summed E-state index contributed by atoms with van der Waals surface area (Å²) in [5, 5.41) is 8.24. The summed E-state index contributed by atoms with van der Waals surface area (Å²) < 4.78 is 0. The summed E-state index contributed by atoms with van der Waals surface area (Å²) in [6.07, 6.45) is 2.89. The number of piperidine rings is 1. The first kappa shape index (κ1) is 32.1. The van der Waals surface area contributed by atoms with Crippen molar-refractivity contribution in [3.8, 4) is 0 Å². The molecule has 234 valence electrons. The highest BCUT2D eigenvalue weighted by Crippen LogP contribution is 2.65. The number of carbonyl (C=O) groups is 6. The third-order valence-corrected chi connectivity index (χ3v) is 9.22. The molecular formula is C31H44N6O6. The number of Topliss-reactive ketones (excluding diaryl/α,β-unsaturated/α-hetero) is 2. The molecule has 1 aromatic rings. The number of rotatable bonds is 11. The summed E-state index contributed by atoms with van der Waals surface area (Å²) in [6.45, 7) is 13.4. The SMILES string of the molecule is CC(C)[C@H](NC(=O)N[C@H](C(=O)N1C[C@H]2[C@@H]([C@H]1C(=O)NC(C(=O)C(N)=O)C1CC1)C2(C)C)C(C)(C)C)C(=O)c1ccccn1. The molecule has 4 rings (SSSR count). The van der Waals surface area contributed by atoms with Gasteiger partial charge in [0.25, 0.3) is 5.91 Å². The number of pyridine rings is 1. The van der Waals surface area contributed by atoms with Crippen molar-refractivity contribution in [2.24, 2.45) is 40.2 Å². The zero-order valence-electron chi connectivity index (χ0n) is 26.0. The monoisotopic (exact) mass is 596 g/mol. The van der Waals surface area contributed by atoms with Crippen LogP contribution in [0.3, 0.4) is 0 Å². The number of nitrogens with one attached hydrogen (secondary N) is 3. The van der Waals surface area contributed by atoms with Crippen LogP contribution in [0.1, 0.15) is 71.8 Å². The summed E-state index contributed by atoms with van der Waals surface area (Å²) in [5.41, 5.74) is 4.52. The van der Waals surface area contributed by atoms with E-state index in [0.717, 1.165) is 0 Å². The van der Waals surface area contributed by atoms with Gasteiger partial charge in [0.05, 0.1) is 6.04 Å². The van der Waals surface area contributed by atoms with E-state index in [1.54, 1.807) is 52.8 Å². The standard InChI is InChI=1S/C31H44N6O6/c1-15(2)20(23(38)18-10-8-9-13-33-18)35-29(43)36-25(30(3,4)5)28(42)37-14-17-19(31(17,6)7)22(37)27(41)34-21(16-11-12-16)24(39)26(32)40/h8-10,13,15-17,19-22,25H,11-12,14H2,1-7H3,(H2,32,40)(H,34,41)(H2,35,36,43)/t17-,19-,20-,21?,22-,25+/m0/s1. The van der Waals surface area contributed by atoms with Gasteiger partial charge in [-0.05, 0) is 59.5 Å².